The number of methoxy groups -OCH3 is 1. The second-order valence-electron chi connectivity index (χ2n) is 7.20. The van der Waals surface area contributed by atoms with Gasteiger partial charge in [0.25, 0.3) is 0 Å². The Morgan fingerprint density at radius 1 is 1.30 bits per heavy atom. The highest BCUT2D eigenvalue weighted by molar-refractivity contribution is 7.19. The molecule has 0 aliphatic carbocycles. The molecule has 4 N–H and O–H groups in total. The number of rotatable bonds is 7. The second-order valence-corrected chi connectivity index (χ2v) is 8.46. The average molecular weight is 423 g/mol. The van der Waals surface area contributed by atoms with Gasteiger partial charge in [-0.25, -0.2) is 9.97 Å². The first-order valence-electron chi connectivity index (χ1n) is 10.0. The molecule has 0 spiro atoms. The largest absolute Gasteiger partial charge is 0.496 e. The van der Waals surface area contributed by atoms with Crippen molar-refractivity contribution in [2.24, 2.45) is 0 Å². The summed E-state index contributed by atoms with van der Waals surface area (Å²) in [4.78, 5) is 10.4. The number of anilines is 1. The Bertz CT molecular complexity index is 1070. The lowest BCUT2D eigenvalue weighted by Gasteiger charge is -2.23. The first-order chi connectivity index (χ1) is 14.7. The SMILES string of the molecule is COc1ccccc1-c1c(C)sc2cnc(N/C(C=N)=C/NC3CCNCC3)nc12. The van der Waals surface area contributed by atoms with E-state index in [-0.39, 0.29) is 0 Å². The van der Waals surface area contributed by atoms with Crippen LogP contribution in [0.3, 0.4) is 0 Å². The van der Waals surface area contributed by atoms with Crippen molar-refractivity contribution in [2.45, 2.75) is 25.8 Å². The van der Waals surface area contributed by atoms with Crippen molar-refractivity contribution in [3.05, 3.63) is 47.2 Å². The van der Waals surface area contributed by atoms with Crippen LogP contribution in [-0.2, 0) is 0 Å². The number of nitrogens with one attached hydrogen (secondary N) is 4. The van der Waals surface area contributed by atoms with Crippen LogP contribution in [0.1, 0.15) is 17.7 Å². The summed E-state index contributed by atoms with van der Waals surface area (Å²) in [6, 6.07) is 8.40. The van der Waals surface area contributed by atoms with Crippen molar-refractivity contribution >= 4 is 33.7 Å². The normalized spacial score (nSPS) is 15.2. The van der Waals surface area contributed by atoms with E-state index >= 15 is 0 Å². The zero-order chi connectivity index (χ0) is 20.9. The highest BCUT2D eigenvalue weighted by Gasteiger charge is 2.17. The number of nitrogens with zero attached hydrogens (tertiary/aromatic N) is 2. The number of aryl methyl sites for hydroxylation is 1. The van der Waals surface area contributed by atoms with Gasteiger partial charge in [-0.2, -0.15) is 0 Å². The Balaban J connectivity index is 1.63. The van der Waals surface area contributed by atoms with E-state index < -0.39 is 0 Å². The van der Waals surface area contributed by atoms with Gasteiger partial charge in [0.05, 0.1) is 29.2 Å². The van der Waals surface area contributed by atoms with E-state index in [2.05, 4.69) is 27.9 Å². The summed E-state index contributed by atoms with van der Waals surface area (Å²) < 4.78 is 6.59. The molecule has 30 heavy (non-hydrogen) atoms. The van der Waals surface area contributed by atoms with E-state index in [1.807, 2.05) is 36.7 Å². The van der Waals surface area contributed by atoms with Crippen molar-refractivity contribution in [1.82, 2.24) is 20.6 Å². The highest BCUT2D eigenvalue weighted by atomic mass is 32.1. The van der Waals surface area contributed by atoms with Crippen molar-refractivity contribution in [2.75, 3.05) is 25.5 Å². The van der Waals surface area contributed by atoms with Crippen molar-refractivity contribution < 1.29 is 4.74 Å². The van der Waals surface area contributed by atoms with Crippen LogP contribution in [0.15, 0.2) is 42.4 Å². The molecule has 1 saturated heterocycles. The molecule has 0 bridgehead atoms. The number of ether oxygens (including phenoxy) is 1. The van der Waals surface area contributed by atoms with E-state index in [1.165, 1.54) is 6.21 Å². The summed E-state index contributed by atoms with van der Waals surface area (Å²) in [5.41, 5.74) is 3.59. The zero-order valence-electron chi connectivity index (χ0n) is 17.2. The zero-order valence-corrected chi connectivity index (χ0v) is 18.0. The van der Waals surface area contributed by atoms with Crippen LogP contribution in [-0.4, -0.2) is 42.4 Å². The Labute approximate surface area is 180 Å². The number of aromatic nitrogens is 2. The van der Waals surface area contributed by atoms with Gasteiger partial charge in [0, 0.05) is 34.5 Å². The molecule has 8 heteroatoms. The number of hydrogen-bond acceptors (Lipinski definition) is 8. The highest BCUT2D eigenvalue weighted by Crippen LogP contribution is 2.41. The maximum absolute atomic E-state index is 7.75. The third kappa shape index (κ3) is 4.29. The third-order valence-electron chi connectivity index (χ3n) is 5.21. The fourth-order valence-corrected chi connectivity index (χ4v) is 4.66. The molecule has 0 atom stereocenters. The number of fused-ring (bicyclic) bond motifs is 1. The van der Waals surface area contributed by atoms with Crippen molar-refractivity contribution in [3.63, 3.8) is 0 Å². The minimum atomic E-state index is 0.420. The Kier molecular flexibility index (Phi) is 6.25. The summed E-state index contributed by atoms with van der Waals surface area (Å²) in [5, 5.41) is 17.7. The molecule has 7 nitrogen and oxygen atoms in total. The van der Waals surface area contributed by atoms with Gasteiger partial charge in [0.15, 0.2) is 0 Å². The molecule has 0 unspecified atom stereocenters. The van der Waals surface area contributed by atoms with Crippen LogP contribution in [0.2, 0.25) is 0 Å². The summed E-state index contributed by atoms with van der Waals surface area (Å²) >= 11 is 1.67. The van der Waals surface area contributed by atoms with E-state index in [0.717, 1.165) is 57.9 Å². The lowest BCUT2D eigenvalue weighted by molar-refractivity contribution is 0.416. The van der Waals surface area contributed by atoms with E-state index in [4.69, 9.17) is 15.1 Å². The van der Waals surface area contributed by atoms with E-state index in [1.54, 1.807) is 18.4 Å². The van der Waals surface area contributed by atoms with Gasteiger partial charge >= 0.3 is 0 Å². The number of benzene rings is 1. The minimum Gasteiger partial charge on any atom is -0.496 e. The molecule has 156 valence electrons. The fourth-order valence-electron chi connectivity index (χ4n) is 3.68. The Morgan fingerprint density at radius 3 is 2.87 bits per heavy atom. The van der Waals surface area contributed by atoms with Gasteiger partial charge < -0.3 is 26.1 Å². The molecule has 0 saturated carbocycles. The van der Waals surface area contributed by atoms with Crippen molar-refractivity contribution in [3.8, 4) is 16.9 Å². The molecule has 3 aromatic rings. The van der Waals surface area contributed by atoms with Crippen LogP contribution >= 0.6 is 11.3 Å². The maximum Gasteiger partial charge on any atom is 0.227 e. The molecule has 3 heterocycles. The lowest BCUT2D eigenvalue weighted by atomic mass is 10.0. The Morgan fingerprint density at radius 2 is 2.10 bits per heavy atom. The molecule has 4 rings (SSSR count). The standard InChI is InChI=1S/C22H26N6OS/c1-14-20(17-5-3-4-6-18(17)29-2)21-19(30-14)13-26-22(28-21)27-16(11-23)12-25-15-7-9-24-10-8-15/h3-6,11-13,15,23-25H,7-10H2,1-2H3,(H,26,27,28)/b16-12+,23-11?. The average Bonchev–Trinajstić information content (AvgIpc) is 3.12. The molecule has 1 fully saturated rings. The number of piperidine rings is 1. The summed E-state index contributed by atoms with van der Waals surface area (Å²) in [6.07, 6.45) is 7.10. The predicted octanol–water partition coefficient (Wildman–Crippen LogP) is 3.92. The van der Waals surface area contributed by atoms with Crippen LogP contribution in [0.4, 0.5) is 5.95 Å². The summed E-state index contributed by atoms with van der Waals surface area (Å²) in [6.45, 7) is 4.12. The quantitative estimate of drug-likeness (QED) is 0.431. The monoisotopic (exact) mass is 422 g/mol. The van der Waals surface area contributed by atoms with Crippen LogP contribution in [0.25, 0.3) is 21.3 Å². The molecule has 1 aromatic carbocycles. The van der Waals surface area contributed by atoms with Crippen molar-refractivity contribution in [1.29, 1.82) is 5.41 Å². The molecule has 1 aliphatic rings. The maximum atomic E-state index is 7.75. The first kappa shape index (κ1) is 20.3. The van der Waals surface area contributed by atoms with Crippen LogP contribution in [0, 0.1) is 12.3 Å². The fraction of sp³-hybridized carbons (Fsp3) is 0.318. The molecule has 0 amide bonds. The number of hydrogen-bond donors (Lipinski definition) is 4. The van der Waals surface area contributed by atoms with Crippen LogP contribution in [0.5, 0.6) is 5.75 Å². The van der Waals surface area contributed by atoms with Gasteiger partial charge in [-0.1, -0.05) is 18.2 Å². The minimum absolute atomic E-state index is 0.420. The number of thiophene rings is 1. The number of para-hydroxylation sites is 1. The number of allylic oxidation sites excluding steroid dienone is 1. The molecule has 2 aromatic heterocycles. The van der Waals surface area contributed by atoms with E-state index in [9.17, 15) is 0 Å². The first-order valence-corrected chi connectivity index (χ1v) is 10.8. The predicted molar refractivity (Wildman–Crippen MR) is 124 cm³/mol. The molecule has 0 radical (unpaired) electrons. The third-order valence-corrected chi connectivity index (χ3v) is 6.24. The van der Waals surface area contributed by atoms with Gasteiger partial charge in [-0.3, -0.25) is 0 Å². The lowest BCUT2D eigenvalue weighted by Crippen LogP contribution is -2.38. The van der Waals surface area contributed by atoms with Crippen LogP contribution < -0.4 is 20.7 Å². The molecular formula is C22H26N6OS. The van der Waals surface area contributed by atoms with E-state index in [0.29, 0.717) is 17.7 Å². The summed E-state index contributed by atoms with van der Waals surface area (Å²) in [7, 11) is 1.68. The Hall–Kier alpha value is -2.97. The smallest absolute Gasteiger partial charge is 0.227 e. The molecular weight excluding hydrogens is 396 g/mol. The van der Waals surface area contributed by atoms with Gasteiger partial charge in [0.2, 0.25) is 5.95 Å². The summed E-state index contributed by atoms with van der Waals surface area (Å²) in [5.74, 6) is 1.29. The molecule has 1 aliphatic heterocycles. The second kappa shape index (κ2) is 9.23. The topological polar surface area (TPSA) is 95.0 Å². The van der Waals surface area contributed by atoms with Gasteiger partial charge in [-0.15, -0.1) is 11.3 Å². The van der Waals surface area contributed by atoms with Gasteiger partial charge in [-0.05, 0) is 38.9 Å². The van der Waals surface area contributed by atoms with Gasteiger partial charge in [0.1, 0.15) is 5.75 Å².